The molecule has 1 amide bonds. The highest BCUT2D eigenvalue weighted by atomic mass is 32.2. The summed E-state index contributed by atoms with van der Waals surface area (Å²) < 4.78 is 62.9. The highest BCUT2D eigenvalue weighted by Gasteiger charge is 2.31. The monoisotopic (exact) mass is 531 g/mol. The largest absolute Gasteiger partial charge is 0.497 e. The molecule has 0 aliphatic rings. The summed E-state index contributed by atoms with van der Waals surface area (Å²) >= 11 is 0. The van der Waals surface area contributed by atoms with Gasteiger partial charge in [0.25, 0.3) is 15.9 Å². The van der Waals surface area contributed by atoms with Crippen LogP contribution in [0.5, 0.6) is 23.0 Å². The Balaban J connectivity index is 2.01. The van der Waals surface area contributed by atoms with Crippen LogP contribution < -0.4 is 28.7 Å². The Hall–Kier alpha value is -4.32. The Morgan fingerprint density at radius 1 is 0.919 bits per heavy atom. The molecule has 0 spiro atoms. The number of benzene rings is 3. The highest BCUT2D eigenvalue weighted by Crippen LogP contribution is 2.37. The maximum Gasteiger partial charge on any atom is 0.265 e. The molecule has 1 N–H and O–H groups in total. The molecule has 0 aliphatic heterocycles. The summed E-state index contributed by atoms with van der Waals surface area (Å²) in [6, 6.07) is 14.2. The van der Waals surface area contributed by atoms with Crippen LogP contribution in [0.3, 0.4) is 0 Å². The molecule has 10 nitrogen and oxygen atoms in total. The van der Waals surface area contributed by atoms with Crippen LogP contribution in [-0.4, -0.2) is 55.5 Å². The lowest BCUT2D eigenvalue weighted by Gasteiger charge is -2.26. The predicted octanol–water partition coefficient (Wildman–Crippen LogP) is 3.21. The smallest absolute Gasteiger partial charge is 0.265 e. The van der Waals surface area contributed by atoms with E-state index in [4.69, 9.17) is 18.9 Å². The number of carbonyl (C=O) groups is 1. The summed E-state index contributed by atoms with van der Waals surface area (Å²) in [7, 11) is 1.25. The van der Waals surface area contributed by atoms with Gasteiger partial charge in [-0.1, -0.05) is 12.1 Å². The van der Waals surface area contributed by atoms with Crippen molar-refractivity contribution in [1.82, 2.24) is 5.43 Å². The number of anilines is 1. The number of hydrazone groups is 1. The number of hydrogen-bond donors (Lipinski definition) is 1. The third-order valence-electron chi connectivity index (χ3n) is 5.14. The SMILES string of the molecule is COc1ccc(OC)c(N(CC(=O)N/N=C\c2cccc(F)c2)S(=O)(=O)c2ccc(OC)c(OC)c2)c1. The molecule has 0 radical (unpaired) electrons. The zero-order chi connectivity index (χ0) is 27.0. The number of hydrogen-bond acceptors (Lipinski definition) is 8. The van der Waals surface area contributed by atoms with Gasteiger partial charge < -0.3 is 18.9 Å². The lowest BCUT2D eigenvalue weighted by molar-refractivity contribution is -0.119. The van der Waals surface area contributed by atoms with Crippen LogP contribution in [0.1, 0.15) is 5.56 Å². The van der Waals surface area contributed by atoms with Gasteiger partial charge >= 0.3 is 0 Å². The van der Waals surface area contributed by atoms with E-state index >= 15 is 0 Å². The molecule has 3 aromatic rings. The molecule has 0 heterocycles. The number of methoxy groups -OCH3 is 4. The fourth-order valence-corrected chi connectivity index (χ4v) is 4.77. The Kier molecular flexibility index (Phi) is 8.90. The third kappa shape index (κ3) is 6.47. The quantitative estimate of drug-likeness (QED) is 0.298. The first kappa shape index (κ1) is 27.3. The van der Waals surface area contributed by atoms with E-state index in [1.807, 2.05) is 0 Å². The summed E-state index contributed by atoms with van der Waals surface area (Å²) in [6.07, 6.45) is 1.24. The summed E-state index contributed by atoms with van der Waals surface area (Å²) in [6.45, 7) is -0.666. The Morgan fingerprint density at radius 3 is 2.27 bits per heavy atom. The van der Waals surface area contributed by atoms with Crippen molar-refractivity contribution < 1.29 is 36.6 Å². The average molecular weight is 532 g/mol. The van der Waals surface area contributed by atoms with E-state index in [1.54, 1.807) is 12.1 Å². The van der Waals surface area contributed by atoms with Crippen molar-refractivity contribution in [2.24, 2.45) is 5.10 Å². The Morgan fingerprint density at radius 2 is 1.62 bits per heavy atom. The van der Waals surface area contributed by atoms with E-state index in [9.17, 15) is 17.6 Å². The summed E-state index contributed by atoms with van der Waals surface area (Å²) in [5, 5.41) is 3.81. The second-order valence-electron chi connectivity index (χ2n) is 7.41. The van der Waals surface area contributed by atoms with Gasteiger partial charge in [-0.15, -0.1) is 0 Å². The normalized spacial score (nSPS) is 11.2. The third-order valence-corrected chi connectivity index (χ3v) is 6.89. The van der Waals surface area contributed by atoms with E-state index in [-0.39, 0.29) is 22.1 Å². The van der Waals surface area contributed by atoms with Gasteiger partial charge in [0, 0.05) is 12.1 Å². The predicted molar refractivity (Wildman–Crippen MR) is 136 cm³/mol. The Labute approximate surface area is 214 Å². The van der Waals surface area contributed by atoms with Crippen molar-refractivity contribution in [3.05, 3.63) is 72.0 Å². The van der Waals surface area contributed by atoms with Crippen LogP contribution in [0.25, 0.3) is 0 Å². The lowest BCUT2D eigenvalue weighted by atomic mass is 10.2. The lowest BCUT2D eigenvalue weighted by Crippen LogP contribution is -2.39. The molecule has 196 valence electrons. The van der Waals surface area contributed by atoms with Gasteiger partial charge in [0.15, 0.2) is 11.5 Å². The molecule has 0 saturated carbocycles. The van der Waals surface area contributed by atoms with E-state index in [1.165, 1.54) is 83.2 Å². The van der Waals surface area contributed by atoms with Crippen molar-refractivity contribution in [2.45, 2.75) is 4.90 Å². The molecule has 3 aromatic carbocycles. The maximum atomic E-state index is 13.8. The molecule has 37 heavy (non-hydrogen) atoms. The molecule has 12 heteroatoms. The van der Waals surface area contributed by atoms with Crippen molar-refractivity contribution in [2.75, 3.05) is 39.3 Å². The molecular weight excluding hydrogens is 505 g/mol. The van der Waals surface area contributed by atoms with Gasteiger partial charge in [0.2, 0.25) is 0 Å². The highest BCUT2D eigenvalue weighted by molar-refractivity contribution is 7.92. The average Bonchev–Trinajstić information content (AvgIpc) is 2.90. The number of nitrogens with zero attached hydrogens (tertiary/aromatic N) is 2. The van der Waals surface area contributed by atoms with Crippen molar-refractivity contribution in [3.8, 4) is 23.0 Å². The van der Waals surface area contributed by atoms with Crippen LogP contribution in [0.2, 0.25) is 0 Å². The molecule has 0 saturated heterocycles. The number of rotatable bonds is 11. The minimum Gasteiger partial charge on any atom is -0.497 e. The molecule has 3 rings (SSSR count). The van der Waals surface area contributed by atoms with Crippen molar-refractivity contribution in [1.29, 1.82) is 0 Å². The molecule has 0 aliphatic carbocycles. The van der Waals surface area contributed by atoms with Gasteiger partial charge in [-0.3, -0.25) is 9.10 Å². The van der Waals surface area contributed by atoms with Crippen molar-refractivity contribution >= 4 is 27.8 Å². The summed E-state index contributed by atoms with van der Waals surface area (Å²) in [5.41, 5.74) is 2.73. The molecule has 0 aromatic heterocycles. The van der Waals surface area contributed by atoms with Gasteiger partial charge in [0.1, 0.15) is 23.9 Å². The number of carbonyl (C=O) groups excluding carboxylic acids is 1. The molecule has 0 bridgehead atoms. The van der Waals surface area contributed by atoms with E-state index in [2.05, 4.69) is 10.5 Å². The van der Waals surface area contributed by atoms with E-state index in [0.717, 1.165) is 4.31 Å². The van der Waals surface area contributed by atoms with Crippen LogP contribution in [-0.2, 0) is 14.8 Å². The first-order valence-electron chi connectivity index (χ1n) is 10.8. The molecule has 0 fully saturated rings. The standard InChI is InChI=1S/C25H26FN3O7S/c1-33-19-8-10-22(34-2)21(13-19)29(16-25(30)28-27-15-17-6-5-7-18(26)12-17)37(31,32)20-9-11-23(35-3)24(14-20)36-4/h5-15H,16H2,1-4H3,(H,28,30)/b27-15-. The van der Waals surface area contributed by atoms with Crippen LogP contribution >= 0.6 is 0 Å². The van der Waals surface area contributed by atoms with Crippen LogP contribution in [0.4, 0.5) is 10.1 Å². The molecule has 0 atom stereocenters. The minimum absolute atomic E-state index is 0.0564. The van der Waals surface area contributed by atoms with Crippen LogP contribution in [0.15, 0.2) is 70.7 Å². The first-order chi connectivity index (χ1) is 17.7. The summed E-state index contributed by atoms with van der Waals surface area (Å²) in [4.78, 5) is 12.7. The Bertz CT molecular complexity index is 1400. The number of sulfonamides is 1. The second-order valence-corrected chi connectivity index (χ2v) is 9.28. The number of halogens is 1. The van der Waals surface area contributed by atoms with Gasteiger partial charge in [-0.05, 0) is 42.0 Å². The number of nitrogens with one attached hydrogen (secondary N) is 1. The van der Waals surface area contributed by atoms with Crippen molar-refractivity contribution in [3.63, 3.8) is 0 Å². The fourth-order valence-electron chi connectivity index (χ4n) is 3.33. The van der Waals surface area contributed by atoms with Crippen LogP contribution in [0, 0.1) is 5.82 Å². The number of ether oxygens (including phenoxy) is 4. The maximum absolute atomic E-state index is 13.8. The topological polar surface area (TPSA) is 116 Å². The zero-order valence-corrected chi connectivity index (χ0v) is 21.4. The summed E-state index contributed by atoms with van der Waals surface area (Å²) in [5.74, 6) is -0.190. The fraction of sp³-hybridized carbons (Fsp3) is 0.200. The number of amides is 1. The van der Waals surface area contributed by atoms with Gasteiger partial charge in [-0.2, -0.15) is 5.10 Å². The zero-order valence-electron chi connectivity index (χ0n) is 20.6. The molecular formula is C25H26FN3O7S. The second kappa shape index (κ2) is 12.1. The minimum atomic E-state index is -4.35. The van der Waals surface area contributed by atoms with E-state index in [0.29, 0.717) is 17.1 Å². The molecule has 0 unspecified atom stereocenters. The first-order valence-corrected chi connectivity index (χ1v) is 12.2. The van der Waals surface area contributed by atoms with E-state index < -0.39 is 28.3 Å². The van der Waals surface area contributed by atoms with Gasteiger partial charge in [-0.25, -0.2) is 18.2 Å². The van der Waals surface area contributed by atoms with Gasteiger partial charge in [0.05, 0.1) is 45.2 Å².